The van der Waals surface area contributed by atoms with Crippen molar-refractivity contribution in [1.29, 1.82) is 0 Å². The zero-order chi connectivity index (χ0) is 28.4. The monoisotopic (exact) mass is 557 g/mol. The molecule has 0 bridgehead atoms. The number of ether oxygens (including phenoxy) is 1. The van der Waals surface area contributed by atoms with Crippen molar-refractivity contribution in [3.63, 3.8) is 0 Å². The predicted octanol–water partition coefficient (Wildman–Crippen LogP) is 4.81. The summed E-state index contributed by atoms with van der Waals surface area (Å²) in [7, 11) is -3.61. The highest BCUT2D eigenvalue weighted by Gasteiger charge is 2.31. The number of hydrogen-bond donors (Lipinski definition) is 1. The van der Waals surface area contributed by atoms with Gasteiger partial charge in [0.1, 0.15) is 11.8 Å². The average Bonchev–Trinajstić information content (AvgIpc) is 3.40. The maximum absolute atomic E-state index is 13.6. The van der Waals surface area contributed by atoms with Crippen LogP contribution >= 0.6 is 0 Å². The van der Waals surface area contributed by atoms with Crippen LogP contribution in [-0.2, 0) is 26.2 Å². The molecule has 3 rings (SSSR count). The van der Waals surface area contributed by atoms with Crippen LogP contribution in [0.3, 0.4) is 0 Å². The van der Waals surface area contributed by atoms with Crippen LogP contribution in [0.5, 0.6) is 5.75 Å². The van der Waals surface area contributed by atoms with Gasteiger partial charge in [0.05, 0.1) is 18.6 Å². The van der Waals surface area contributed by atoms with E-state index >= 15 is 0 Å². The van der Waals surface area contributed by atoms with E-state index in [1.807, 2.05) is 45.0 Å². The summed E-state index contributed by atoms with van der Waals surface area (Å²) in [6.45, 7) is 6.62. The van der Waals surface area contributed by atoms with Crippen LogP contribution in [0.25, 0.3) is 0 Å². The van der Waals surface area contributed by atoms with Gasteiger partial charge in [0.15, 0.2) is 0 Å². The molecule has 0 spiro atoms. The summed E-state index contributed by atoms with van der Waals surface area (Å²) < 4.78 is 32.3. The first-order valence-corrected chi connectivity index (χ1v) is 15.8. The van der Waals surface area contributed by atoms with Crippen molar-refractivity contribution in [3.05, 3.63) is 59.7 Å². The molecule has 0 aromatic heterocycles. The topological polar surface area (TPSA) is 96.0 Å². The van der Waals surface area contributed by atoms with Gasteiger partial charge >= 0.3 is 0 Å². The second-order valence-electron chi connectivity index (χ2n) is 10.3. The van der Waals surface area contributed by atoms with Crippen molar-refractivity contribution in [2.75, 3.05) is 23.7 Å². The number of nitrogens with one attached hydrogen (secondary N) is 1. The van der Waals surface area contributed by atoms with E-state index in [9.17, 15) is 18.0 Å². The summed E-state index contributed by atoms with van der Waals surface area (Å²) >= 11 is 0. The molecule has 1 aliphatic carbocycles. The summed E-state index contributed by atoms with van der Waals surface area (Å²) in [6, 6.07) is 14.5. The van der Waals surface area contributed by atoms with E-state index < -0.39 is 16.1 Å². The van der Waals surface area contributed by atoms with Gasteiger partial charge < -0.3 is 15.0 Å². The Morgan fingerprint density at radius 1 is 1.05 bits per heavy atom. The van der Waals surface area contributed by atoms with Crippen molar-refractivity contribution >= 4 is 27.5 Å². The highest BCUT2D eigenvalue weighted by atomic mass is 32.2. The molecule has 1 unspecified atom stereocenters. The SMILES string of the molecule is CCOc1ccccc1N(CCCC(=O)N(Cc1ccc(C)cc1)C(CC)C(=O)NC1CCCC1)S(C)(=O)=O. The van der Waals surface area contributed by atoms with Crippen molar-refractivity contribution in [2.24, 2.45) is 0 Å². The molecule has 1 aliphatic rings. The number of hydrogen-bond acceptors (Lipinski definition) is 5. The van der Waals surface area contributed by atoms with Crippen LogP contribution < -0.4 is 14.4 Å². The molecule has 9 heteroatoms. The van der Waals surface area contributed by atoms with Gasteiger partial charge in [-0.05, 0) is 57.2 Å². The molecule has 2 amide bonds. The van der Waals surface area contributed by atoms with Crippen LogP contribution in [-0.4, -0.2) is 56.6 Å². The van der Waals surface area contributed by atoms with Gasteiger partial charge in [0.2, 0.25) is 21.8 Å². The Balaban J connectivity index is 1.77. The standard InChI is InChI=1S/C30H43N3O5S/c1-5-26(30(35)31-25-12-7-8-13-25)32(22-24-19-17-23(3)18-20-24)29(34)16-11-21-33(39(4,36)37)27-14-9-10-15-28(27)38-6-2/h9-10,14-15,17-20,25-26H,5-8,11-13,16,21-22H2,1-4H3,(H,31,35). The third-order valence-electron chi connectivity index (χ3n) is 7.15. The molecule has 2 aromatic carbocycles. The Hall–Kier alpha value is -3.07. The number of sulfonamides is 1. The quantitative estimate of drug-likeness (QED) is 0.360. The van der Waals surface area contributed by atoms with E-state index in [0.29, 0.717) is 37.4 Å². The van der Waals surface area contributed by atoms with E-state index in [-0.39, 0.29) is 30.8 Å². The Morgan fingerprint density at radius 2 is 1.72 bits per heavy atom. The molecule has 214 valence electrons. The van der Waals surface area contributed by atoms with Crippen molar-refractivity contribution in [2.45, 2.75) is 84.3 Å². The molecule has 39 heavy (non-hydrogen) atoms. The molecule has 1 atom stereocenters. The molecule has 0 radical (unpaired) electrons. The van der Waals surface area contributed by atoms with Gasteiger partial charge in [-0.25, -0.2) is 8.42 Å². The third kappa shape index (κ3) is 8.71. The second kappa shape index (κ2) is 14.4. The van der Waals surface area contributed by atoms with E-state index in [2.05, 4.69) is 5.32 Å². The van der Waals surface area contributed by atoms with Crippen molar-refractivity contribution < 1.29 is 22.7 Å². The zero-order valence-corrected chi connectivity index (χ0v) is 24.5. The molecule has 1 N–H and O–H groups in total. The maximum atomic E-state index is 13.6. The number of benzene rings is 2. The van der Waals surface area contributed by atoms with Crippen molar-refractivity contribution in [1.82, 2.24) is 10.2 Å². The largest absolute Gasteiger partial charge is 0.492 e. The van der Waals surface area contributed by atoms with E-state index in [4.69, 9.17) is 4.74 Å². The Bertz CT molecular complexity index is 1190. The summed E-state index contributed by atoms with van der Waals surface area (Å²) in [4.78, 5) is 28.6. The first kappa shape index (κ1) is 30.5. The maximum Gasteiger partial charge on any atom is 0.243 e. The van der Waals surface area contributed by atoms with Gasteiger partial charge in [0.25, 0.3) is 0 Å². The first-order valence-electron chi connectivity index (χ1n) is 14.0. The summed E-state index contributed by atoms with van der Waals surface area (Å²) in [5, 5.41) is 3.16. The highest BCUT2D eigenvalue weighted by molar-refractivity contribution is 7.92. The lowest BCUT2D eigenvalue weighted by atomic mass is 10.1. The fourth-order valence-corrected chi connectivity index (χ4v) is 6.07. The van der Waals surface area contributed by atoms with E-state index in [1.54, 1.807) is 29.2 Å². The number of carbonyl (C=O) groups is 2. The molecular weight excluding hydrogens is 514 g/mol. The minimum atomic E-state index is -3.61. The van der Waals surface area contributed by atoms with Crippen LogP contribution in [0.1, 0.15) is 69.9 Å². The molecule has 0 heterocycles. The number of amides is 2. The second-order valence-corrected chi connectivity index (χ2v) is 12.2. The minimum Gasteiger partial charge on any atom is -0.492 e. The molecule has 1 fully saturated rings. The molecule has 8 nitrogen and oxygen atoms in total. The lowest BCUT2D eigenvalue weighted by Crippen LogP contribution is -2.51. The summed E-state index contributed by atoms with van der Waals surface area (Å²) in [6.07, 6.45) is 6.22. The zero-order valence-electron chi connectivity index (χ0n) is 23.7. The van der Waals surface area contributed by atoms with Crippen LogP contribution in [0.4, 0.5) is 5.69 Å². The number of carbonyl (C=O) groups excluding carboxylic acids is 2. The lowest BCUT2D eigenvalue weighted by Gasteiger charge is -2.32. The Labute approximate surface area is 233 Å². The highest BCUT2D eigenvalue weighted by Crippen LogP contribution is 2.30. The van der Waals surface area contributed by atoms with Crippen LogP contribution in [0, 0.1) is 6.92 Å². The number of aryl methyl sites for hydroxylation is 1. The van der Waals surface area contributed by atoms with E-state index in [1.165, 1.54) is 4.31 Å². The van der Waals surface area contributed by atoms with Crippen molar-refractivity contribution in [3.8, 4) is 5.75 Å². The van der Waals surface area contributed by atoms with Gasteiger partial charge in [-0.15, -0.1) is 0 Å². The van der Waals surface area contributed by atoms with Crippen LogP contribution in [0.2, 0.25) is 0 Å². The van der Waals surface area contributed by atoms with Gasteiger partial charge in [0, 0.05) is 25.6 Å². The predicted molar refractivity (Wildman–Crippen MR) is 155 cm³/mol. The fraction of sp³-hybridized carbons (Fsp3) is 0.533. The minimum absolute atomic E-state index is 0.113. The lowest BCUT2D eigenvalue weighted by molar-refractivity contribution is -0.141. The summed E-state index contributed by atoms with van der Waals surface area (Å²) in [5.41, 5.74) is 2.52. The molecule has 0 saturated heterocycles. The summed E-state index contributed by atoms with van der Waals surface area (Å²) in [5.74, 6) is 0.191. The Morgan fingerprint density at radius 3 is 2.33 bits per heavy atom. The molecule has 2 aromatic rings. The number of rotatable bonds is 14. The van der Waals surface area contributed by atoms with Gasteiger partial charge in [-0.1, -0.05) is 61.7 Å². The molecular formula is C30H43N3O5S. The number of nitrogens with zero attached hydrogens (tertiary/aromatic N) is 2. The first-order chi connectivity index (χ1) is 18.6. The molecule has 1 saturated carbocycles. The average molecular weight is 558 g/mol. The Kier molecular flexibility index (Phi) is 11.2. The van der Waals surface area contributed by atoms with Crippen LogP contribution in [0.15, 0.2) is 48.5 Å². The van der Waals surface area contributed by atoms with E-state index in [0.717, 1.165) is 43.1 Å². The fourth-order valence-electron chi connectivity index (χ4n) is 5.10. The number of anilines is 1. The van der Waals surface area contributed by atoms with Gasteiger partial charge in [-0.2, -0.15) is 0 Å². The van der Waals surface area contributed by atoms with Gasteiger partial charge in [-0.3, -0.25) is 13.9 Å². The molecule has 0 aliphatic heterocycles. The number of para-hydroxylation sites is 2. The third-order valence-corrected chi connectivity index (χ3v) is 8.33. The normalized spacial score (nSPS) is 14.6. The smallest absolute Gasteiger partial charge is 0.243 e.